The molecule has 0 bridgehead atoms. The molecule has 2 amide bonds. The summed E-state index contributed by atoms with van der Waals surface area (Å²) in [6.45, 7) is 2.95. The predicted octanol–water partition coefficient (Wildman–Crippen LogP) is 5.50. The van der Waals surface area contributed by atoms with Crippen molar-refractivity contribution in [3.05, 3.63) is 107 Å². The summed E-state index contributed by atoms with van der Waals surface area (Å²) in [5.41, 5.74) is 4.57. The lowest BCUT2D eigenvalue weighted by Crippen LogP contribution is -2.48. The van der Waals surface area contributed by atoms with Crippen molar-refractivity contribution in [2.45, 2.75) is 0 Å². The van der Waals surface area contributed by atoms with Crippen molar-refractivity contribution in [2.75, 3.05) is 36.4 Å². The van der Waals surface area contributed by atoms with Crippen molar-refractivity contribution in [1.29, 1.82) is 0 Å². The summed E-state index contributed by atoms with van der Waals surface area (Å²) in [7, 11) is 0. The van der Waals surface area contributed by atoms with Gasteiger partial charge in [0.1, 0.15) is 0 Å². The van der Waals surface area contributed by atoms with Crippen LogP contribution in [0.2, 0.25) is 0 Å². The molecule has 0 saturated carbocycles. The average Bonchev–Trinajstić information content (AvgIpc) is 3.49. The minimum absolute atomic E-state index is 0.108. The molecule has 6 nitrogen and oxygen atoms in total. The van der Waals surface area contributed by atoms with E-state index in [2.05, 4.69) is 15.5 Å². The van der Waals surface area contributed by atoms with Crippen LogP contribution in [0.5, 0.6) is 0 Å². The third-order valence-electron chi connectivity index (χ3n) is 6.27. The smallest absolute Gasteiger partial charge is 0.264 e. The second-order valence-corrected chi connectivity index (χ2v) is 10.0. The van der Waals surface area contributed by atoms with Gasteiger partial charge in [-0.1, -0.05) is 48.5 Å². The Kier molecular flexibility index (Phi) is 7.58. The van der Waals surface area contributed by atoms with Crippen molar-refractivity contribution in [3.63, 3.8) is 0 Å². The van der Waals surface area contributed by atoms with E-state index >= 15 is 0 Å². The van der Waals surface area contributed by atoms with E-state index < -0.39 is 0 Å². The number of benzene rings is 3. The van der Waals surface area contributed by atoms with Gasteiger partial charge < -0.3 is 15.1 Å². The average molecular weight is 527 g/mol. The molecule has 3 aromatic carbocycles. The fraction of sp³-hybridized carbons (Fsp3) is 0.138. The highest BCUT2D eigenvalue weighted by atomic mass is 32.1. The molecule has 1 aromatic heterocycles. The molecule has 4 aromatic rings. The van der Waals surface area contributed by atoms with Crippen molar-refractivity contribution in [1.82, 2.24) is 10.2 Å². The van der Waals surface area contributed by atoms with E-state index in [0.29, 0.717) is 18.7 Å². The molecule has 0 unspecified atom stereocenters. The second kappa shape index (κ2) is 11.4. The fourth-order valence-corrected chi connectivity index (χ4v) is 5.16. The first-order valence-electron chi connectivity index (χ1n) is 12.0. The van der Waals surface area contributed by atoms with Crippen LogP contribution in [-0.2, 0) is 0 Å². The number of hydrogen-bond donors (Lipinski definition) is 2. The van der Waals surface area contributed by atoms with Gasteiger partial charge in [0.05, 0.1) is 4.88 Å². The Morgan fingerprint density at radius 3 is 2.08 bits per heavy atom. The molecular weight excluding hydrogens is 500 g/mol. The molecule has 0 aliphatic carbocycles. The largest absolute Gasteiger partial charge is 0.368 e. The van der Waals surface area contributed by atoms with Crippen molar-refractivity contribution < 1.29 is 9.59 Å². The van der Waals surface area contributed by atoms with Crippen molar-refractivity contribution >= 4 is 51.9 Å². The van der Waals surface area contributed by atoms with E-state index in [4.69, 9.17) is 12.2 Å². The van der Waals surface area contributed by atoms with Crippen LogP contribution in [0.15, 0.2) is 96.4 Å². The summed E-state index contributed by atoms with van der Waals surface area (Å²) >= 11 is 6.84. The van der Waals surface area contributed by atoms with Gasteiger partial charge in [0, 0.05) is 43.1 Å². The Hall–Kier alpha value is -4.01. The Morgan fingerprint density at radius 1 is 0.757 bits per heavy atom. The van der Waals surface area contributed by atoms with E-state index in [9.17, 15) is 9.59 Å². The Bertz CT molecular complexity index is 1360. The first-order chi connectivity index (χ1) is 18.1. The number of rotatable bonds is 5. The number of piperazine rings is 1. The highest BCUT2D eigenvalue weighted by molar-refractivity contribution is 7.80. The maximum Gasteiger partial charge on any atom is 0.264 e. The van der Waals surface area contributed by atoms with E-state index in [-0.39, 0.29) is 16.9 Å². The third-order valence-corrected chi connectivity index (χ3v) is 7.33. The topological polar surface area (TPSA) is 64.7 Å². The lowest BCUT2D eigenvalue weighted by atomic mass is 10.0. The van der Waals surface area contributed by atoms with Crippen LogP contribution in [0, 0.1) is 0 Å². The number of thiophene rings is 1. The maximum absolute atomic E-state index is 12.6. The Balaban J connectivity index is 1.11. The number of amides is 2. The first-order valence-corrected chi connectivity index (χ1v) is 13.3. The summed E-state index contributed by atoms with van der Waals surface area (Å²) in [5.74, 6) is -0.152. The zero-order valence-electron chi connectivity index (χ0n) is 20.1. The fourth-order valence-electron chi connectivity index (χ4n) is 4.26. The van der Waals surface area contributed by atoms with Crippen LogP contribution in [0.25, 0.3) is 11.1 Å². The van der Waals surface area contributed by atoms with Gasteiger partial charge in [-0.2, -0.15) is 0 Å². The van der Waals surface area contributed by atoms with E-state index in [1.54, 1.807) is 12.1 Å². The molecule has 1 fully saturated rings. The summed E-state index contributed by atoms with van der Waals surface area (Å²) in [5, 5.41) is 7.99. The molecule has 0 radical (unpaired) electrons. The lowest BCUT2D eigenvalue weighted by molar-refractivity contribution is 0.0751. The Labute approximate surface area is 225 Å². The Morgan fingerprint density at radius 2 is 1.43 bits per heavy atom. The number of anilines is 2. The number of hydrogen-bond acceptors (Lipinski definition) is 5. The number of carbonyl (C=O) groups excluding carboxylic acids is 2. The SMILES string of the molecule is O=C(NC(=S)Nc1ccc(N2CCN(C(=O)c3cccs3)CC2)cc1)c1ccc(-c2ccccc2)cc1. The second-order valence-electron chi connectivity index (χ2n) is 8.66. The number of nitrogens with one attached hydrogen (secondary N) is 2. The van der Waals surface area contributed by atoms with Crippen molar-refractivity contribution in [3.8, 4) is 11.1 Å². The summed E-state index contributed by atoms with van der Waals surface area (Å²) in [6.07, 6.45) is 0. The summed E-state index contributed by atoms with van der Waals surface area (Å²) < 4.78 is 0. The minimum Gasteiger partial charge on any atom is -0.368 e. The van der Waals surface area contributed by atoms with Gasteiger partial charge in [0.25, 0.3) is 11.8 Å². The van der Waals surface area contributed by atoms with Crippen LogP contribution in [-0.4, -0.2) is 48.0 Å². The molecule has 8 heteroatoms. The molecule has 37 heavy (non-hydrogen) atoms. The van der Waals surface area contributed by atoms with Crippen LogP contribution in [0.1, 0.15) is 20.0 Å². The highest BCUT2D eigenvalue weighted by Gasteiger charge is 2.22. The quantitative estimate of drug-likeness (QED) is 0.336. The van der Waals surface area contributed by atoms with Gasteiger partial charge in [-0.3, -0.25) is 14.9 Å². The van der Waals surface area contributed by atoms with Gasteiger partial charge in [-0.25, -0.2) is 0 Å². The van der Waals surface area contributed by atoms with Gasteiger partial charge in [0.15, 0.2) is 5.11 Å². The molecule has 186 valence electrons. The normalized spacial score (nSPS) is 13.2. The molecular formula is C29H26N4O2S2. The predicted molar refractivity (Wildman–Crippen MR) is 154 cm³/mol. The molecule has 0 atom stereocenters. The summed E-state index contributed by atoms with van der Waals surface area (Å²) in [6, 6.07) is 29.2. The van der Waals surface area contributed by atoms with Gasteiger partial charge in [0.2, 0.25) is 0 Å². The van der Waals surface area contributed by atoms with Crippen molar-refractivity contribution in [2.24, 2.45) is 0 Å². The molecule has 0 spiro atoms. The van der Waals surface area contributed by atoms with Gasteiger partial charge >= 0.3 is 0 Å². The molecule has 1 saturated heterocycles. The van der Waals surface area contributed by atoms with Crippen LogP contribution in [0.4, 0.5) is 11.4 Å². The van der Waals surface area contributed by atoms with Crippen LogP contribution < -0.4 is 15.5 Å². The van der Waals surface area contributed by atoms with Crippen LogP contribution >= 0.6 is 23.6 Å². The molecule has 5 rings (SSSR count). The summed E-state index contributed by atoms with van der Waals surface area (Å²) in [4.78, 5) is 30.2. The van der Waals surface area contributed by atoms with Gasteiger partial charge in [-0.05, 0) is 71.2 Å². The van der Waals surface area contributed by atoms with Gasteiger partial charge in [-0.15, -0.1) is 11.3 Å². The van der Waals surface area contributed by atoms with E-state index in [1.807, 2.05) is 89.1 Å². The molecule has 1 aliphatic heterocycles. The monoisotopic (exact) mass is 526 g/mol. The lowest BCUT2D eigenvalue weighted by Gasteiger charge is -2.36. The maximum atomic E-state index is 12.6. The van der Waals surface area contributed by atoms with E-state index in [0.717, 1.165) is 40.5 Å². The molecule has 2 heterocycles. The van der Waals surface area contributed by atoms with E-state index in [1.165, 1.54) is 11.3 Å². The number of carbonyl (C=O) groups is 2. The minimum atomic E-state index is -0.260. The highest BCUT2D eigenvalue weighted by Crippen LogP contribution is 2.22. The van der Waals surface area contributed by atoms with Crippen LogP contribution in [0.3, 0.4) is 0 Å². The standard InChI is InChI=1S/C29H26N4O2S2/c34-27(23-10-8-22(9-11-23)21-5-2-1-3-6-21)31-29(36)30-24-12-14-25(15-13-24)32-16-18-33(19-17-32)28(35)26-7-4-20-37-26/h1-15,20H,16-19H2,(H2,30,31,34,36). The first kappa shape index (κ1) is 24.7. The zero-order valence-corrected chi connectivity index (χ0v) is 21.7. The number of thiocarbonyl (C=S) groups is 1. The number of nitrogens with zero attached hydrogens (tertiary/aromatic N) is 2. The third kappa shape index (κ3) is 6.04. The molecule has 1 aliphatic rings. The molecule has 2 N–H and O–H groups in total. The zero-order chi connectivity index (χ0) is 25.6.